The van der Waals surface area contributed by atoms with Gasteiger partial charge in [0.15, 0.2) is 0 Å². The van der Waals surface area contributed by atoms with Crippen LogP contribution in [0.5, 0.6) is 0 Å². The van der Waals surface area contributed by atoms with Crippen molar-refractivity contribution in [1.82, 2.24) is 0 Å². The summed E-state index contributed by atoms with van der Waals surface area (Å²) in [6, 6.07) is 9.89. The van der Waals surface area contributed by atoms with Gasteiger partial charge in [0, 0.05) is 5.75 Å². The molecule has 0 amide bonds. The summed E-state index contributed by atoms with van der Waals surface area (Å²) in [6.07, 6.45) is 2.37. The fourth-order valence-electron chi connectivity index (χ4n) is 1.62. The third-order valence-electron chi connectivity index (χ3n) is 2.76. The maximum atomic E-state index is 11.3. The number of sulfone groups is 1. The summed E-state index contributed by atoms with van der Waals surface area (Å²) in [6.45, 7) is 1.68. The van der Waals surface area contributed by atoms with Gasteiger partial charge in [-0.05, 0) is 18.4 Å². The Bertz CT molecular complexity index is 414. The van der Waals surface area contributed by atoms with Crippen LogP contribution in [0.1, 0.15) is 37.1 Å². The number of rotatable bonds is 7. The van der Waals surface area contributed by atoms with E-state index in [1.54, 1.807) is 6.92 Å². The van der Waals surface area contributed by atoms with Gasteiger partial charge in [0.2, 0.25) is 0 Å². The van der Waals surface area contributed by atoms with E-state index in [1.165, 1.54) is 0 Å². The molecule has 1 atom stereocenters. The molecule has 0 N–H and O–H groups in total. The fraction of sp³-hybridized carbons (Fsp3) is 0.538. The highest BCUT2D eigenvalue weighted by Crippen LogP contribution is 2.25. The lowest BCUT2D eigenvalue weighted by Gasteiger charge is -2.09. The minimum Gasteiger partial charge on any atom is -0.229 e. The molecular weight excluding hydrogens is 256 g/mol. The summed E-state index contributed by atoms with van der Waals surface area (Å²) in [7, 11) is -2.83. The molecule has 0 aliphatic heterocycles. The smallest absolute Gasteiger partial charge is 0.150 e. The van der Waals surface area contributed by atoms with Gasteiger partial charge < -0.3 is 0 Å². The molecule has 0 saturated heterocycles. The molecule has 0 aliphatic carbocycles. The summed E-state index contributed by atoms with van der Waals surface area (Å²) < 4.78 is 22.6. The van der Waals surface area contributed by atoms with Crippen LogP contribution < -0.4 is 0 Å². The van der Waals surface area contributed by atoms with Crippen LogP contribution in [0.4, 0.5) is 0 Å². The Kier molecular flexibility index (Phi) is 6.00. The third kappa shape index (κ3) is 5.55. The lowest BCUT2D eigenvalue weighted by Crippen LogP contribution is -2.08. The van der Waals surface area contributed by atoms with Crippen LogP contribution in [0.3, 0.4) is 0 Å². The SMILES string of the molecule is CCS(=O)(=O)CCCCC(Cl)c1ccccc1. The molecule has 1 aromatic rings. The fourth-order valence-corrected chi connectivity index (χ4v) is 2.85. The first-order valence-corrected chi connectivity index (χ1v) is 8.20. The van der Waals surface area contributed by atoms with E-state index in [9.17, 15) is 8.42 Å². The van der Waals surface area contributed by atoms with Gasteiger partial charge in [-0.3, -0.25) is 0 Å². The van der Waals surface area contributed by atoms with Gasteiger partial charge in [-0.2, -0.15) is 0 Å². The van der Waals surface area contributed by atoms with E-state index in [2.05, 4.69) is 0 Å². The summed E-state index contributed by atoms with van der Waals surface area (Å²) in [4.78, 5) is 0. The predicted octanol–water partition coefficient (Wildman–Crippen LogP) is 3.57. The summed E-state index contributed by atoms with van der Waals surface area (Å²) in [5.41, 5.74) is 1.10. The number of hydrogen-bond donors (Lipinski definition) is 0. The minimum atomic E-state index is -2.83. The van der Waals surface area contributed by atoms with Crippen LogP contribution in [0.15, 0.2) is 30.3 Å². The highest BCUT2D eigenvalue weighted by atomic mass is 35.5. The standard InChI is InChI=1S/C13H19ClO2S/c1-2-17(15,16)11-7-6-10-13(14)12-8-4-3-5-9-12/h3-5,8-9,13H,2,6-7,10-11H2,1H3. The minimum absolute atomic E-state index is 0.0134. The Labute approximate surface area is 109 Å². The second-order valence-corrected chi connectivity index (χ2v) is 7.11. The van der Waals surface area contributed by atoms with Crippen molar-refractivity contribution in [1.29, 1.82) is 0 Å². The molecule has 0 aromatic heterocycles. The molecule has 0 bridgehead atoms. The molecule has 1 rings (SSSR count). The zero-order valence-corrected chi connectivity index (χ0v) is 11.7. The summed E-state index contributed by atoms with van der Waals surface area (Å²) in [5, 5.41) is -0.0134. The number of alkyl halides is 1. The summed E-state index contributed by atoms with van der Waals surface area (Å²) >= 11 is 6.24. The van der Waals surface area contributed by atoms with Crippen molar-refractivity contribution in [2.75, 3.05) is 11.5 Å². The number of hydrogen-bond acceptors (Lipinski definition) is 2. The molecule has 0 heterocycles. The quantitative estimate of drug-likeness (QED) is 0.563. The van der Waals surface area contributed by atoms with Crippen LogP contribution >= 0.6 is 11.6 Å². The zero-order valence-electron chi connectivity index (χ0n) is 10.1. The monoisotopic (exact) mass is 274 g/mol. The van der Waals surface area contributed by atoms with Crippen LogP contribution in [-0.2, 0) is 9.84 Å². The summed E-state index contributed by atoms with van der Waals surface area (Å²) in [5.74, 6) is 0.512. The van der Waals surface area contributed by atoms with Gasteiger partial charge >= 0.3 is 0 Å². The van der Waals surface area contributed by atoms with Gasteiger partial charge in [-0.15, -0.1) is 11.6 Å². The highest BCUT2D eigenvalue weighted by molar-refractivity contribution is 7.91. The van der Waals surface area contributed by atoms with Crippen molar-refractivity contribution in [2.24, 2.45) is 0 Å². The maximum absolute atomic E-state index is 11.3. The topological polar surface area (TPSA) is 34.1 Å². The van der Waals surface area contributed by atoms with Gasteiger partial charge in [0.1, 0.15) is 9.84 Å². The van der Waals surface area contributed by atoms with E-state index in [1.807, 2.05) is 30.3 Å². The van der Waals surface area contributed by atoms with Crippen LogP contribution in [0.25, 0.3) is 0 Å². The average Bonchev–Trinajstić information content (AvgIpc) is 2.35. The lowest BCUT2D eigenvalue weighted by molar-refractivity contribution is 0.590. The van der Waals surface area contributed by atoms with Gasteiger partial charge in [-0.1, -0.05) is 43.7 Å². The van der Waals surface area contributed by atoms with Gasteiger partial charge in [0.25, 0.3) is 0 Å². The van der Waals surface area contributed by atoms with E-state index in [0.29, 0.717) is 6.42 Å². The lowest BCUT2D eigenvalue weighted by atomic mass is 10.1. The first kappa shape index (κ1) is 14.5. The largest absolute Gasteiger partial charge is 0.229 e. The molecule has 4 heteroatoms. The molecule has 0 saturated carbocycles. The van der Waals surface area contributed by atoms with Crippen molar-refractivity contribution >= 4 is 21.4 Å². The molecule has 0 fully saturated rings. The van der Waals surface area contributed by atoms with Gasteiger partial charge in [-0.25, -0.2) is 8.42 Å². The average molecular weight is 275 g/mol. The molecule has 0 radical (unpaired) electrons. The second-order valence-electron chi connectivity index (χ2n) is 4.11. The van der Waals surface area contributed by atoms with Crippen molar-refractivity contribution in [2.45, 2.75) is 31.6 Å². The van der Waals surface area contributed by atoms with E-state index in [0.717, 1.165) is 18.4 Å². The predicted molar refractivity (Wildman–Crippen MR) is 73.2 cm³/mol. The Morgan fingerprint density at radius 2 is 1.82 bits per heavy atom. The number of benzene rings is 1. The second kappa shape index (κ2) is 7.02. The Morgan fingerprint density at radius 1 is 1.18 bits per heavy atom. The van der Waals surface area contributed by atoms with Crippen molar-refractivity contribution in [3.63, 3.8) is 0 Å². The molecular formula is C13H19ClO2S. The van der Waals surface area contributed by atoms with Crippen LogP contribution in [0, 0.1) is 0 Å². The molecule has 17 heavy (non-hydrogen) atoms. The first-order chi connectivity index (χ1) is 8.05. The van der Waals surface area contributed by atoms with Crippen LogP contribution in [-0.4, -0.2) is 19.9 Å². The van der Waals surface area contributed by atoms with Crippen LogP contribution in [0.2, 0.25) is 0 Å². The van der Waals surface area contributed by atoms with Gasteiger partial charge in [0.05, 0.1) is 11.1 Å². The molecule has 0 spiro atoms. The molecule has 0 aliphatic rings. The Morgan fingerprint density at radius 3 is 2.41 bits per heavy atom. The van der Waals surface area contributed by atoms with E-state index in [4.69, 9.17) is 11.6 Å². The molecule has 96 valence electrons. The zero-order chi connectivity index (χ0) is 12.7. The third-order valence-corrected chi connectivity index (χ3v) is 5.02. The number of halogens is 1. The first-order valence-electron chi connectivity index (χ1n) is 5.94. The van der Waals surface area contributed by atoms with Crippen molar-refractivity contribution in [3.8, 4) is 0 Å². The Balaban J connectivity index is 2.28. The van der Waals surface area contributed by atoms with Crippen molar-refractivity contribution in [3.05, 3.63) is 35.9 Å². The van der Waals surface area contributed by atoms with E-state index >= 15 is 0 Å². The molecule has 2 nitrogen and oxygen atoms in total. The Hall–Kier alpha value is -0.540. The van der Waals surface area contributed by atoms with E-state index < -0.39 is 9.84 Å². The molecule has 1 unspecified atom stereocenters. The highest BCUT2D eigenvalue weighted by Gasteiger charge is 2.09. The maximum Gasteiger partial charge on any atom is 0.150 e. The normalized spacial score (nSPS) is 13.5. The molecule has 1 aromatic carbocycles. The van der Waals surface area contributed by atoms with E-state index in [-0.39, 0.29) is 16.9 Å². The van der Waals surface area contributed by atoms with Crippen molar-refractivity contribution < 1.29 is 8.42 Å². The number of unbranched alkanes of at least 4 members (excludes halogenated alkanes) is 1.